The molecule has 0 aromatic carbocycles. The largest absolute Gasteiger partial charge is 0.389 e. The molecule has 3 heteroatoms. The van der Waals surface area contributed by atoms with Crippen LogP contribution >= 0.6 is 0 Å². The van der Waals surface area contributed by atoms with E-state index in [0.29, 0.717) is 12.0 Å². The van der Waals surface area contributed by atoms with E-state index in [1.807, 2.05) is 0 Å². The van der Waals surface area contributed by atoms with Crippen molar-refractivity contribution in [1.29, 1.82) is 0 Å². The van der Waals surface area contributed by atoms with E-state index in [2.05, 4.69) is 17.1 Å². The standard InChI is InChI=1S/C15H28N2O/c1-12-3-2-6-15(18,9-12)11-16-14-5-8-17-7-4-13(14)10-17/h12-14,16,18H,2-11H2,1H3. The molecule has 3 rings (SSSR count). The fraction of sp³-hybridized carbons (Fsp3) is 1.00. The predicted molar refractivity (Wildman–Crippen MR) is 73.5 cm³/mol. The Morgan fingerprint density at radius 3 is 2.94 bits per heavy atom. The van der Waals surface area contributed by atoms with Gasteiger partial charge in [-0.1, -0.05) is 19.8 Å². The van der Waals surface area contributed by atoms with Crippen LogP contribution in [0, 0.1) is 11.8 Å². The van der Waals surface area contributed by atoms with Crippen molar-refractivity contribution >= 4 is 0 Å². The summed E-state index contributed by atoms with van der Waals surface area (Å²) in [6.45, 7) is 6.93. The lowest BCUT2D eigenvalue weighted by atomic mass is 9.78. The SMILES string of the molecule is CC1CCCC(O)(CNC2CCN3CCC2C3)C1. The number of nitrogens with one attached hydrogen (secondary N) is 1. The third-order valence-electron chi connectivity index (χ3n) is 5.39. The summed E-state index contributed by atoms with van der Waals surface area (Å²) in [6, 6.07) is 0.657. The van der Waals surface area contributed by atoms with Crippen LogP contribution in [0.1, 0.15) is 45.4 Å². The van der Waals surface area contributed by atoms with Crippen molar-refractivity contribution in [2.75, 3.05) is 26.2 Å². The number of nitrogens with zero attached hydrogens (tertiary/aromatic N) is 1. The zero-order valence-electron chi connectivity index (χ0n) is 11.7. The first kappa shape index (κ1) is 12.9. The van der Waals surface area contributed by atoms with Crippen LogP contribution in [-0.4, -0.2) is 47.8 Å². The van der Waals surface area contributed by atoms with Crippen molar-refractivity contribution in [1.82, 2.24) is 10.2 Å². The Balaban J connectivity index is 1.51. The Morgan fingerprint density at radius 1 is 1.28 bits per heavy atom. The van der Waals surface area contributed by atoms with Crippen LogP contribution in [0.2, 0.25) is 0 Å². The quantitative estimate of drug-likeness (QED) is 0.801. The Bertz CT molecular complexity index is 296. The van der Waals surface area contributed by atoms with E-state index >= 15 is 0 Å². The highest BCUT2D eigenvalue weighted by atomic mass is 16.3. The minimum Gasteiger partial charge on any atom is -0.389 e. The van der Waals surface area contributed by atoms with Crippen molar-refractivity contribution in [3.8, 4) is 0 Å². The van der Waals surface area contributed by atoms with E-state index in [-0.39, 0.29) is 0 Å². The molecule has 5 unspecified atom stereocenters. The maximum atomic E-state index is 10.7. The highest BCUT2D eigenvalue weighted by Gasteiger charge is 2.37. The number of hydrogen-bond donors (Lipinski definition) is 2. The maximum absolute atomic E-state index is 10.7. The van der Waals surface area contributed by atoms with Gasteiger partial charge in [-0.15, -0.1) is 0 Å². The van der Waals surface area contributed by atoms with Gasteiger partial charge < -0.3 is 15.3 Å². The van der Waals surface area contributed by atoms with Crippen molar-refractivity contribution in [2.45, 2.75) is 57.1 Å². The molecule has 2 aliphatic heterocycles. The molecule has 5 atom stereocenters. The Labute approximate surface area is 111 Å². The minimum absolute atomic E-state index is 0.423. The highest BCUT2D eigenvalue weighted by Crippen LogP contribution is 2.33. The molecule has 2 saturated heterocycles. The first-order chi connectivity index (χ1) is 8.65. The molecule has 104 valence electrons. The number of aliphatic hydroxyl groups is 1. The van der Waals surface area contributed by atoms with E-state index in [4.69, 9.17) is 0 Å². The van der Waals surface area contributed by atoms with Gasteiger partial charge in [-0.2, -0.15) is 0 Å². The summed E-state index contributed by atoms with van der Waals surface area (Å²) >= 11 is 0. The van der Waals surface area contributed by atoms with Gasteiger partial charge in [0.2, 0.25) is 0 Å². The second kappa shape index (κ2) is 5.10. The van der Waals surface area contributed by atoms with Crippen LogP contribution in [0.15, 0.2) is 0 Å². The summed E-state index contributed by atoms with van der Waals surface area (Å²) in [5.41, 5.74) is -0.423. The first-order valence-corrected chi connectivity index (χ1v) is 7.83. The van der Waals surface area contributed by atoms with E-state index < -0.39 is 5.60 Å². The molecule has 1 saturated carbocycles. The lowest BCUT2D eigenvalue weighted by Gasteiger charge is -2.39. The Kier molecular flexibility index (Phi) is 3.65. The molecule has 1 aliphatic carbocycles. The molecule has 0 aromatic rings. The average Bonchev–Trinajstić information content (AvgIpc) is 2.71. The highest BCUT2D eigenvalue weighted by molar-refractivity contribution is 4.94. The molecular weight excluding hydrogens is 224 g/mol. The van der Waals surface area contributed by atoms with Gasteiger partial charge in [0.1, 0.15) is 0 Å². The van der Waals surface area contributed by atoms with Gasteiger partial charge in [0.15, 0.2) is 0 Å². The van der Waals surface area contributed by atoms with E-state index in [0.717, 1.165) is 25.3 Å². The van der Waals surface area contributed by atoms with E-state index in [1.165, 1.54) is 45.3 Å². The minimum atomic E-state index is -0.423. The third-order valence-corrected chi connectivity index (χ3v) is 5.39. The lowest BCUT2D eigenvalue weighted by Crippen LogP contribution is -2.51. The molecular formula is C15H28N2O. The molecule has 3 aliphatic rings. The molecule has 2 heterocycles. The Morgan fingerprint density at radius 2 is 2.11 bits per heavy atom. The summed E-state index contributed by atoms with van der Waals surface area (Å²) in [5.74, 6) is 1.53. The summed E-state index contributed by atoms with van der Waals surface area (Å²) in [7, 11) is 0. The van der Waals surface area contributed by atoms with Crippen LogP contribution < -0.4 is 5.32 Å². The van der Waals surface area contributed by atoms with Gasteiger partial charge in [-0.05, 0) is 50.6 Å². The fourth-order valence-electron chi connectivity index (χ4n) is 4.33. The van der Waals surface area contributed by atoms with Gasteiger partial charge in [-0.3, -0.25) is 0 Å². The zero-order chi connectivity index (χ0) is 12.6. The van der Waals surface area contributed by atoms with Crippen molar-refractivity contribution in [2.24, 2.45) is 11.8 Å². The maximum Gasteiger partial charge on any atom is 0.0774 e. The predicted octanol–water partition coefficient (Wildman–Crippen LogP) is 1.61. The average molecular weight is 252 g/mol. The van der Waals surface area contributed by atoms with Crippen LogP contribution in [0.3, 0.4) is 0 Å². The second-order valence-electron chi connectivity index (χ2n) is 7.05. The van der Waals surface area contributed by atoms with Crippen molar-refractivity contribution in [3.05, 3.63) is 0 Å². The van der Waals surface area contributed by atoms with Gasteiger partial charge in [0.05, 0.1) is 5.60 Å². The van der Waals surface area contributed by atoms with E-state index in [9.17, 15) is 5.11 Å². The van der Waals surface area contributed by atoms with Crippen molar-refractivity contribution < 1.29 is 5.11 Å². The molecule has 2 N–H and O–H groups in total. The summed E-state index contributed by atoms with van der Waals surface area (Å²) in [6.07, 6.45) is 7.10. The van der Waals surface area contributed by atoms with Crippen molar-refractivity contribution in [3.63, 3.8) is 0 Å². The zero-order valence-corrected chi connectivity index (χ0v) is 11.7. The van der Waals surface area contributed by atoms with Gasteiger partial charge in [0.25, 0.3) is 0 Å². The van der Waals surface area contributed by atoms with Gasteiger partial charge in [0, 0.05) is 19.1 Å². The van der Waals surface area contributed by atoms with Crippen LogP contribution in [0.25, 0.3) is 0 Å². The molecule has 3 fully saturated rings. The number of rotatable bonds is 3. The first-order valence-electron chi connectivity index (χ1n) is 7.83. The monoisotopic (exact) mass is 252 g/mol. The van der Waals surface area contributed by atoms with Crippen LogP contribution in [0.5, 0.6) is 0 Å². The van der Waals surface area contributed by atoms with Gasteiger partial charge in [-0.25, -0.2) is 0 Å². The second-order valence-corrected chi connectivity index (χ2v) is 7.05. The van der Waals surface area contributed by atoms with Crippen LogP contribution in [-0.2, 0) is 0 Å². The van der Waals surface area contributed by atoms with E-state index in [1.54, 1.807) is 0 Å². The molecule has 0 radical (unpaired) electrons. The lowest BCUT2D eigenvalue weighted by molar-refractivity contribution is -0.0161. The molecule has 3 nitrogen and oxygen atoms in total. The summed E-state index contributed by atoms with van der Waals surface area (Å²) in [5, 5.41) is 14.4. The topological polar surface area (TPSA) is 35.5 Å². The molecule has 18 heavy (non-hydrogen) atoms. The number of piperidine rings is 1. The molecule has 0 amide bonds. The fourth-order valence-corrected chi connectivity index (χ4v) is 4.33. The smallest absolute Gasteiger partial charge is 0.0774 e. The van der Waals surface area contributed by atoms with Crippen LogP contribution in [0.4, 0.5) is 0 Å². The normalized spacial score (nSPS) is 48.3. The number of hydrogen-bond acceptors (Lipinski definition) is 3. The number of fused-ring (bicyclic) bond motifs is 2. The van der Waals surface area contributed by atoms with Gasteiger partial charge >= 0.3 is 0 Å². The Hall–Kier alpha value is -0.120. The molecule has 0 spiro atoms. The molecule has 0 aromatic heterocycles. The third kappa shape index (κ3) is 2.73. The summed E-state index contributed by atoms with van der Waals surface area (Å²) < 4.78 is 0. The molecule has 2 bridgehead atoms. The summed E-state index contributed by atoms with van der Waals surface area (Å²) in [4.78, 5) is 2.58.